The molecule has 0 bridgehead atoms. The highest BCUT2D eigenvalue weighted by Gasteiger charge is 2.11. The van der Waals surface area contributed by atoms with Gasteiger partial charge < -0.3 is 4.98 Å². The lowest BCUT2D eigenvalue weighted by Crippen LogP contribution is -2.04. The van der Waals surface area contributed by atoms with Gasteiger partial charge in [0.05, 0.1) is 26.8 Å². The fourth-order valence-electron chi connectivity index (χ4n) is 1.96. The highest BCUT2D eigenvalue weighted by molar-refractivity contribution is 6.41. The summed E-state index contributed by atoms with van der Waals surface area (Å²) in [6.07, 6.45) is 0. The van der Waals surface area contributed by atoms with Crippen molar-refractivity contribution in [3.05, 3.63) is 57.3 Å². The summed E-state index contributed by atoms with van der Waals surface area (Å²) in [5.74, 6) is 0.349. The Bertz CT molecular complexity index is 899. The van der Waals surface area contributed by atoms with Crippen LogP contribution in [0.2, 0.25) is 15.1 Å². The number of aromatic nitrogens is 2. The quantitative estimate of drug-likeness (QED) is 0.514. The fraction of sp³-hybridized carbons (Fsp3) is 0. The number of nitrogens with zero attached hydrogens (tertiary/aromatic N) is 3. The van der Waals surface area contributed by atoms with Gasteiger partial charge >= 0.3 is 0 Å². The van der Waals surface area contributed by atoms with Crippen molar-refractivity contribution < 1.29 is 0 Å². The number of fused-ring (bicyclic) bond motifs is 1. The van der Waals surface area contributed by atoms with Gasteiger partial charge in [-0.25, -0.2) is 4.98 Å². The molecule has 23 heavy (non-hydrogen) atoms. The molecule has 0 saturated carbocycles. The molecule has 2 aromatic carbocycles. The minimum atomic E-state index is 0.0725. The number of hydrogen-bond acceptors (Lipinski definition) is 4. The van der Waals surface area contributed by atoms with E-state index in [-0.39, 0.29) is 5.71 Å². The van der Waals surface area contributed by atoms with Crippen LogP contribution in [0.25, 0.3) is 11.0 Å². The van der Waals surface area contributed by atoms with E-state index in [4.69, 9.17) is 34.8 Å². The van der Waals surface area contributed by atoms with Crippen LogP contribution in [0.3, 0.4) is 0 Å². The van der Waals surface area contributed by atoms with Crippen molar-refractivity contribution in [1.82, 2.24) is 9.97 Å². The van der Waals surface area contributed by atoms with Crippen molar-refractivity contribution in [3.8, 4) is 6.07 Å². The molecule has 0 aliphatic carbocycles. The zero-order chi connectivity index (χ0) is 16.4. The Morgan fingerprint density at radius 3 is 2.52 bits per heavy atom. The third kappa shape index (κ3) is 3.25. The van der Waals surface area contributed by atoms with Gasteiger partial charge in [0.25, 0.3) is 0 Å². The number of hydrazone groups is 1. The van der Waals surface area contributed by atoms with Crippen LogP contribution in [0.1, 0.15) is 5.82 Å². The minimum Gasteiger partial charge on any atom is -0.336 e. The maximum absolute atomic E-state index is 9.30. The smallest absolute Gasteiger partial charge is 0.203 e. The Kier molecular flexibility index (Phi) is 4.39. The number of H-pyrrole nitrogens is 1. The number of nitriles is 1. The summed E-state index contributed by atoms with van der Waals surface area (Å²) in [5.41, 5.74) is 4.68. The lowest BCUT2D eigenvalue weighted by atomic mass is 10.3. The van der Waals surface area contributed by atoms with E-state index in [1.54, 1.807) is 0 Å². The number of imidazole rings is 1. The predicted octanol–water partition coefficient (Wildman–Crippen LogP) is 4.86. The highest BCUT2D eigenvalue weighted by atomic mass is 35.5. The van der Waals surface area contributed by atoms with Gasteiger partial charge in [0, 0.05) is 5.02 Å². The largest absolute Gasteiger partial charge is 0.336 e. The molecule has 114 valence electrons. The number of nitrogens with one attached hydrogen (secondary N) is 2. The fourth-order valence-corrected chi connectivity index (χ4v) is 2.86. The third-order valence-corrected chi connectivity index (χ3v) is 3.82. The van der Waals surface area contributed by atoms with Gasteiger partial charge in [-0.15, -0.1) is 0 Å². The van der Waals surface area contributed by atoms with E-state index in [0.717, 1.165) is 11.0 Å². The maximum Gasteiger partial charge on any atom is 0.203 e. The van der Waals surface area contributed by atoms with Crippen LogP contribution in [0.5, 0.6) is 0 Å². The number of halogens is 3. The molecule has 0 amide bonds. The average Bonchev–Trinajstić information content (AvgIpc) is 2.93. The number of anilines is 1. The maximum atomic E-state index is 9.30. The topological polar surface area (TPSA) is 76.9 Å². The second kappa shape index (κ2) is 6.47. The molecule has 1 heterocycles. The Morgan fingerprint density at radius 2 is 1.87 bits per heavy atom. The average molecular weight is 365 g/mol. The van der Waals surface area contributed by atoms with Crippen LogP contribution in [0.4, 0.5) is 5.69 Å². The molecular weight excluding hydrogens is 357 g/mol. The van der Waals surface area contributed by atoms with Gasteiger partial charge in [-0.05, 0) is 24.3 Å². The highest BCUT2D eigenvalue weighted by Crippen LogP contribution is 2.33. The van der Waals surface area contributed by atoms with E-state index in [9.17, 15) is 5.26 Å². The number of benzene rings is 2. The van der Waals surface area contributed by atoms with Crippen LogP contribution in [-0.4, -0.2) is 15.7 Å². The molecule has 0 spiro atoms. The van der Waals surface area contributed by atoms with E-state index >= 15 is 0 Å². The Labute approximate surface area is 146 Å². The van der Waals surface area contributed by atoms with Crippen molar-refractivity contribution in [2.45, 2.75) is 0 Å². The molecule has 3 rings (SSSR count). The molecule has 2 N–H and O–H groups in total. The third-order valence-electron chi connectivity index (χ3n) is 3.01. The molecule has 1 aromatic heterocycles. The van der Waals surface area contributed by atoms with E-state index in [1.807, 2.05) is 30.3 Å². The molecule has 0 saturated heterocycles. The molecule has 3 aromatic rings. The summed E-state index contributed by atoms with van der Waals surface area (Å²) in [6, 6.07) is 12.5. The second-order valence-corrected chi connectivity index (χ2v) is 5.78. The summed E-state index contributed by atoms with van der Waals surface area (Å²) in [7, 11) is 0. The summed E-state index contributed by atoms with van der Waals surface area (Å²) in [6.45, 7) is 0. The SMILES string of the molecule is N#CC(=NNc1c(Cl)cc(Cl)cc1Cl)c1nc2ccccc2[nH]1. The summed E-state index contributed by atoms with van der Waals surface area (Å²) in [5, 5.41) is 14.3. The van der Waals surface area contributed by atoms with Crippen molar-refractivity contribution in [1.29, 1.82) is 5.26 Å². The van der Waals surface area contributed by atoms with Gasteiger partial charge in [-0.2, -0.15) is 10.4 Å². The van der Waals surface area contributed by atoms with Crippen LogP contribution >= 0.6 is 34.8 Å². The summed E-state index contributed by atoms with van der Waals surface area (Å²) >= 11 is 18.0. The van der Waals surface area contributed by atoms with Crippen LogP contribution in [-0.2, 0) is 0 Å². The molecule has 0 radical (unpaired) electrons. The van der Waals surface area contributed by atoms with Crippen molar-refractivity contribution >= 4 is 57.2 Å². The molecule has 0 fully saturated rings. The standard InChI is InChI=1S/C15H8Cl3N5/c16-8-5-9(17)14(10(18)6-8)23-22-13(7-19)15-20-11-3-1-2-4-12(11)21-15/h1-6,23H,(H,20,21). The van der Waals surface area contributed by atoms with Gasteiger partial charge in [-0.1, -0.05) is 46.9 Å². The second-order valence-electron chi connectivity index (χ2n) is 4.53. The monoisotopic (exact) mass is 363 g/mol. The van der Waals surface area contributed by atoms with Crippen molar-refractivity contribution in [2.75, 3.05) is 5.43 Å². The number of para-hydroxylation sites is 2. The predicted molar refractivity (Wildman–Crippen MR) is 93.3 cm³/mol. The molecule has 0 atom stereocenters. The normalized spacial score (nSPS) is 11.5. The van der Waals surface area contributed by atoms with Crippen molar-refractivity contribution in [3.63, 3.8) is 0 Å². The Balaban J connectivity index is 1.95. The first-order valence-electron chi connectivity index (χ1n) is 6.42. The van der Waals surface area contributed by atoms with E-state index in [0.29, 0.717) is 26.6 Å². The first-order valence-corrected chi connectivity index (χ1v) is 7.55. The Morgan fingerprint density at radius 1 is 1.17 bits per heavy atom. The summed E-state index contributed by atoms with van der Waals surface area (Å²) in [4.78, 5) is 7.35. The molecule has 0 unspecified atom stereocenters. The number of hydrogen-bond donors (Lipinski definition) is 2. The molecule has 8 heteroatoms. The van der Waals surface area contributed by atoms with Gasteiger partial charge in [0.15, 0.2) is 5.82 Å². The summed E-state index contributed by atoms with van der Waals surface area (Å²) < 4.78 is 0. The van der Waals surface area contributed by atoms with E-state index in [1.165, 1.54) is 12.1 Å². The van der Waals surface area contributed by atoms with Crippen LogP contribution < -0.4 is 5.43 Å². The minimum absolute atomic E-state index is 0.0725. The number of aromatic amines is 1. The van der Waals surface area contributed by atoms with Crippen LogP contribution in [0, 0.1) is 11.3 Å². The van der Waals surface area contributed by atoms with Gasteiger partial charge in [0.1, 0.15) is 6.07 Å². The van der Waals surface area contributed by atoms with E-state index < -0.39 is 0 Å². The first kappa shape index (κ1) is 15.6. The number of rotatable bonds is 3. The Hall–Kier alpha value is -2.26. The van der Waals surface area contributed by atoms with Crippen LogP contribution in [0.15, 0.2) is 41.5 Å². The van der Waals surface area contributed by atoms with Gasteiger partial charge in [-0.3, -0.25) is 5.43 Å². The lowest BCUT2D eigenvalue weighted by Gasteiger charge is -2.06. The van der Waals surface area contributed by atoms with Crippen molar-refractivity contribution in [2.24, 2.45) is 5.10 Å². The molecule has 0 aliphatic rings. The molecule has 5 nitrogen and oxygen atoms in total. The zero-order valence-corrected chi connectivity index (χ0v) is 13.7. The first-order chi connectivity index (χ1) is 11.1. The molecular formula is C15H8Cl3N5. The zero-order valence-electron chi connectivity index (χ0n) is 11.4. The lowest BCUT2D eigenvalue weighted by molar-refractivity contribution is 1.25. The van der Waals surface area contributed by atoms with E-state index in [2.05, 4.69) is 20.5 Å². The van der Waals surface area contributed by atoms with Gasteiger partial charge in [0.2, 0.25) is 5.71 Å². The molecule has 0 aliphatic heterocycles.